The van der Waals surface area contributed by atoms with Crippen LogP contribution in [-0.2, 0) is 7.05 Å². The van der Waals surface area contributed by atoms with Gasteiger partial charge < -0.3 is 4.57 Å². The van der Waals surface area contributed by atoms with Gasteiger partial charge in [-0.3, -0.25) is 0 Å². The lowest BCUT2D eigenvalue weighted by atomic mass is 9.87. The van der Waals surface area contributed by atoms with Crippen LogP contribution in [0.15, 0.2) is 127 Å². The molecule has 2 nitrogen and oxygen atoms in total. The number of nitrogens with zero attached hydrogens (tertiary/aromatic N) is 2. The van der Waals surface area contributed by atoms with Crippen molar-refractivity contribution >= 4 is 54.1 Å². The van der Waals surface area contributed by atoms with E-state index in [1.54, 1.807) is 0 Å². The molecule has 0 unspecified atom stereocenters. The fourth-order valence-corrected chi connectivity index (χ4v) is 6.22. The zero-order valence-corrected chi connectivity index (χ0v) is 21.0. The van der Waals surface area contributed by atoms with Gasteiger partial charge in [0.05, 0.1) is 11.0 Å². The molecule has 0 amide bonds. The van der Waals surface area contributed by atoms with Crippen LogP contribution in [0.5, 0.6) is 0 Å². The lowest BCUT2D eigenvalue weighted by Crippen LogP contribution is -1.92. The van der Waals surface area contributed by atoms with Crippen molar-refractivity contribution < 1.29 is 0 Å². The third-order valence-corrected chi connectivity index (χ3v) is 7.97. The Bertz CT molecular complexity index is 2190. The number of aromatic nitrogens is 2. The van der Waals surface area contributed by atoms with E-state index >= 15 is 0 Å². The smallest absolute Gasteiger partial charge is 0.140 e. The second-order valence-electron chi connectivity index (χ2n) is 10.0. The normalized spacial score (nSPS) is 11.8. The molecule has 0 bridgehead atoms. The van der Waals surface area contributed by atoms with E-state index < -0.39 is 0 Å². The molecule has 0 aliphatic rings. The average Bonchev–Trinajstić information content (AvgIpc) is 3.32. The van der Waals surface area contributed by atoms with Gasteiger partial charge in [0, 0.05) is 12.6 Å². The number of hydrogen-bond acceptors (Lipinski definition) is 1. The molecule has 0 N–H and O–H groups in total. The van der Waals surface area contributed by atoms with E-state index in [1.807, 2.05) is 6.07 Å². The van der Waals surface area contributed by atoms with Gasteiger partial charge in [0.1, 0.15) is 5.82 Å². The second-order valence-corrected chi connectivity index (χ2v) is 10.0. The van der Waals surface area contributed by atoms with Gasteiger partial charge in [0.25, 0.3) is 0 Å². The van der Waals surface area contributed by atoms with Crippen molar-refractivity contribution in [2.45, 2.75) is 0 Å². The Morgan fingerprint density at radius 2 is 1.03 bits per heavy atom. The SMILES string of the molecule is Cn1c(-c2ccccc2)nc2cc(-c3cc4c5ccccc5c5ccccc5c4c4ccccc34)ccc21. The molecule has 0 aliphatic carbocycles. The molecule has 0 saturated carbocycles. The van der Waals surface area contributed by atoms with E-state index in [0.717, 1.165) is 22.4 Å². The van der Waals surface area contributed by atoms with Crippen molar-refractivity contribution in [2.24, 2.45) is 7.05 Å². The summed E-state index contributed by atoms with van der Waals surface area (Å²) >= 11 is 0. The lowest BCUT2D eigenvalue weighted by Gasteiger charge is -2.16. The molecule has 0 spiro atoms. The molecule has 2 heteroatoms. The number of hydrogen-bond donors (Lipinski definition) is 0. The summed E-state index contributed by atoms with van der Waals surface area (Å²) in [5, 5.41) is 10.4. The average molecular weight is 485 g/mol. The zero-order valence-electron chi connectivity index (χ0n) is 21.0. The first-order chi connectivity index (χ1) is 18.8. The van der Waals surface area contributed by atoms with Crippen LogP contribution in [0.1, 0.15) is 0 Å². The molecule has 8 rings (SSSR count). The lowest BCUT2D eigenvalue weighted by molar-refractivity contribution is 0.959. The van der Waals surface area contributed by atoms with E-state index in [-0.39, 0.29) is 0 Å². The van der Waals surface area contributed by atoms with Crippen molar-refractivity contribution in [3.8, 4) is 22.5 Å². The van der Waals surface area contributed by atoms with Gasteiger partial charge in [-0.25, -0.2) is 4.98 Å². The van der Waals surface area contributed by atoms with Crippen molar-refractivity contribution in [3.63, 3.8) is 0 Å². The van der Waals surface area contributed by atoms with E-state index in [9.17, 15) is 0 Å². The van der Waals surface area contributed by atoms with Crippen molar-refractivity contribution in [1.82, 2.24) is 9.55 Å². The summed E-state index contributed by atoms with van der Waals surface area (Å²) < 4.78 is 2.19. The maximum atomic E-state index is 5.06. The Hall–Kier alpha value is -4.95. The molecular formula is C36H24N2. The van der Waals surface area contributed by atoms with Gasteiger partial charge in [0.2, 0.25) is 0 Å². The maximum Gasteiger partial charge on any atom is 0.140 e. The van der Waals surface area contributed by atoms with Crippen LogP contribution in [0.25, 0.3) is 76.6 Å². The maximum absolute atomic E-state index is 5.06. The molecule has 0 saturated heterocycles. The van der Waals surface area contributed by atoms with E-state index in [0.29, 0.717) is 0 Å². The van der Waals surface area contributed by atoms with Crippen LogP contribution in [0.4, 0.5) is 0 Å². The molecule has 0 aliphatic heterocycles. The first kappa shape index (κ1) is 21.2. The number of rotatable bonds is 2. The summed E-state index contributed by atoms with van der Waals surface area (Å²) in [6.07, 6.45) is 0. The molecule has 0 atom stereocenters. The highest BCUT2D eigenvalue weighted by Crippen LogP contribution is 2.43. The third kappa shape index (κ3) is 2.98. The number of imidazole rings is 1. The third-order valence-electron chi connectivity index (χ3n) is 7.97. The van der Waals surface area contributed by atoms with Gasteiger partial charge in [0.15, 0.2) is 0 Å². The molecule has 7 aromatic carbocycles. The Morgan fingerprint density at radius 1 is 0.474 bits per heavy atom. The van der Waals surface area contributed by atoms with Crippen molar-refractivity contribution in [3.05, 3.63) is 127 Å². The predicted octanol–water partition coefficient (Wildman–Crippen LogP) is 9.52. The second kappa shape index (κ2) is 8.03. The Kier molecular flexibility index (Phi) is 4.47. The van der Waals surface area contributed by atoms with E-state index in [1.165, 1.54) is 54.2 Å². The van der Waals surface area contributed by atoms with Crippen LogP contribution >= 0.6 is 0 Å². The largest absolute Gasteiger partial charge is 0.327 e. The predicted molar refractivity (Wildman–Crippen MR) is 162 cm³/mol. The molecular weight excluding hydrogens is 460 g/mol. The zero-order chi connectivity index (χ0) is 25.2. The minimum atomic E-state index is 0.985. The van der Waals surface area contributed by atoms with Gasteiger partial charge >= 0.3 is 0 Å². The first-order valence-corrected chi connectivity index (χ1v) is 13.0. The van der Waals surface area contributed by atoms with Crippen molar-refractivity contribution in [1.29, 1.82) is 0 Å². The van der Waals surface area contributed by atoms with Gasteiger partial charge in [-0.05, 0) is 72.4 Å². The molecule has 178 valence electrons. The standard InChI is InChI=1S/C36H24N2/c1-38-34-20-19-24(21-33(34)37-36(38)23-11-3-2-4-12-23)31-22-32-27-15-6-5-13-25(27)26-14-7-9-17-29(26)35(32)30-18-10-8-16-28(30)31/h2-22H,1H3. The Balaban J connectivity index is 1.47. The fraction of sp³-hybridized carbons (Fsp3) is 0.0278. The molecule has 0 radical (unpaired) electrons. The van der Waals surface area contributed by atoms with Crippen LogP contribution in [0.2, 0.25) is 0 Å². The quantitative estimate of drug-likeness (QED) is 0.223. The fourth-order valence-electron chi connectivity index (χ4n) is 6.22. The number of benzene rings is 7. The van der Waals surface area contributed by atoms with Crippen LogP contribution < -0.4 is 0 Å². The minimum Gasteiger partial charge on any atom is -0.327 e. The highest BCUT2D eigenvalue weighted by atomic mass is 15.1. The Labute approximate surface area is 220 Å². The number of aryl methyl sites for hydroxylation is 1. The van der Waals surface area contributed by atoms with E-state index in [4.69, 9.17) is 4.98 Å². The summed E-state index contributed by atoms with van der Waals surface area (Å²) in [4.78, 5) is 5.06. The summed E-state index contributed by atoms with van der Waals surface area (Å²) in [7, 11) is 2.10. The molecule has 8 aromatic rings. The highest BCUT2D eigenvalue weighted by molar-refractivity contribution is 6.33. The minimum absolute atomic E-state index is 0.985. The van der Waals surface area contributed by atoms with Gasteiger partial charge in [-0.2, -0.15) is 0 Å². The van der Waals surface area contributed by atoms with Gasteiger partial charge in [-0.15, -0.1) is 0 Å². The molecule has 38 heavy (non-hydrogen) atoms. The monoisotopic (exact) mass is 484 g/mol. The van der Waals surface area contributed by atoms with Gasteiger partial charge in [-0.1, -0.05) is 109 Å². The summed E-state index contributed by atoms with van der Waals surface area (Å²) in [6, 6.07) is 46.0. The highest BCUT2D eigenvalue weighted by Gasteiger charge is 2.16. The number of fused-ring (bicyclic) bond motifs is 9. The summed E-state index contributed by atoms with van der Waals surface area (Å²) in [5.41, 5.74) is 5.70. The van der Waals surface area contributed by atoms with E-state index in [2.05, 4.69) is 133 Å². The topological polar surface area (TPSA) is 17.8 Å². The Morgan fingerprint density at radius 3 is 1.74 bits per heavy atom. The van der Waals surface area contributed by atoms with Crippen LogP contribution in [-0.4, -0.2) is 9.55 Å². The summed E-state index contributed by atoms with van der Waals surface area (Å²) in [6.45, 7) is 0. The van der Waals surface area contributed by atoms with Crippen LogP contribution in [0, 0.1) is 0 Å². The molecule has 1 aromatic heterocycles. The summed E-state index contributed by atoms with van der Waals surface area (Å²) in [5.74, 6) is 0.985. The first-order valence-electron chi connectivity index (χ1n) is 13.0. The molecule has 0 fully saturated rings. The van der Waals surface area contributed by atoms with Crippen molar-refractivity contribution in [2.75, 3.05) is 0 Å². The van der Waals surface area contributed by atoms with Crippen LogP contribution in [0.3, 0.4) is 0 Å². The molecule has 1 heterocycles.